The van der Waals surface area contributed by atoms with Crippen molar-refractivity contribution in [2.24, 2.45) is 9.03 Å². The van der Waals surface area contributed by atoms with Gasteiger partial charge in [-0.25, -0.2) is 9.03 Å². The quantitative estimate of drug-likeness (QED) is 0.422. The fourth-order valence-electron chi connectivity index (χ4n) is 3.68. The molecule has 0 heterocycles. The standard InChI is InChI=1S/C22H44N8P4/c1-23-31(27(3)4)25-33(11,29(7)8)21-18-17-19-15-13-14-16-20(19)22(21)34(12,30(9)10)26-32(24-2)28(5)6/h13-18,23-24H,1-12H3. The van der Waals surface area contributed by atoms with Crippen molar-refractivity contribution in [3.63, 3.8) is 0 Å². The van der Waals surface area contributed by atoms with Gasteiger partial charge in [-0.05, 0) is 94.6 Å². The van der Waals surface area contributed by atoms with Crippen LogP contribution < -0.4 is 20.8 Å². The van der Waals surface area contributed by atoms with Crippen molar-refractivity contribution >= 4 is 52.5 Å². The van der Waals surface area contributed by atoms with Gasteiger partial charge in [0.2, 0.25) is 0 Å². The van der Waals surface area contributed by atoms with Crippen molar-refractivity contribution in [2.45, 2.75) is 0 Å². The summed E-state index contributed by atoms with van der Waals surface area (Å²) in [5, 5.41) is 12.1. The first kappa shape index (κ1) is 30.0. The number of rotatable bonds is 10. The largest absolute Gasteiger partial charge is 0.272 e. The second kappa shape index (κ2) is 12.3. The maximum Gasteiger partial charge on any atom is 0.165 e. The van der Waals surface area contributed by atoms with Crippen LogP contribution in [0.2, 0.25) is 0 Å². The van der Waals surface area contributed by atoms with E-state index in [9.17, 15) is 0 Å². The molecule has 2 aromatic rings. The lowest BCUT2D eigenvalue weighted by Crippen LogP contribution is -2.34. The van der Waals surface area contributed by atoms with Crippen LogP contribution in [-0.4, -0.2) is 102 Å². The summed E-state index contributed by atoms with van der Waals surface area (Å²) in [4.78, 5) is 0. The molecular formula is C22H44N8P4. The highest BCUT2D eigenvalue weighted by Crippen LogP contribution is 2.60. The third kappa shape index (κ3) is 6.18. The summed E-state index contributed by atoms with van der Waals surface area (Å²) in [6.45, 7) is 4.69. The van der Waals surface area contributed by atoms with Crippen LogP contribution in [0.15, 0.2) is 45.4 Å². The Morgan fingerprint density at radius 1 is 0.676 bits per heavy atom. The molecule has 0 amide bonds. The molecule has 0 aliphatic carbocycles. The molecule has 2 N–H and O–H groups in total. The van der Waals surface area contributed by atoms with Crippen LogP contribution in [0, 0.1) is 0 Å². The zero-order valence-electron chi connectivity index (χ0n) is 22.9. The molecule has 0 spiro atoms. The van der Waals surface area contributed by atoms with Gasteiger partial charge < -0.3 is 0 Å². The van der Waals surface area contributed by atoms with Gasteiger partial charge in [-0.2, -0.15) is 0 Å². The van der Waals surface area contributed by atoms with Crippen LogP contribution in [0.4, 0.5) is 0 Å². The van der Waals surface area contributed by atoms with Crippen molar-refractivity contribution in [1.82, 2.24) is 28.9 Å². The number of benzene rings is 2. The lowest BCUT2D eigenvalue weighted by Gasteiger charge is -2.38. The summed E-state index contributed by atoms with van der Waals surface area (Å²) < 4.78 is 20.2. The van der Waals surface area contributed by atoms with E-state index < -0.39 is 31.2 Å². The van der Waals surface area contributed by atoms with E-state index in [0.29, 0.717) is 0 Å². The third-order valence-electron chi connectivity index (χ3n) is 5.99. The van der Waals surface area contributed by atoms with Crippen molar-refractivity contribution in [3.05, 3.63) is 36.4 Å². The van der Waals surface area contributed by atoms with E-state index in [0.717, 1.165) is 0 Å². The van der Waals surface area contributed by atoms with Gasteiger partial charge in [-0.15, -0.1) is 0 Å². The van der Waals surface area contributed by atoms with Crippen LogP contribution in [0.1, 0.15) is 0 Å². The highest BCUT2D eigenvalue weighted by molar-refractivity contribution is 7.81. The van der Waals surface area contributed by atoms with E-state index >= 15 is 0 Å². The Hall–Kier alpha value is -0.220. The molecule has 0 aliphatic heterocycles. The van der Waals surface area contributed by atoms with Crippen molar-refractivity contribution in [2.75, 3.05) is 83.8 Å². The molecule has 12 heteroatoms. The monoisotopic (exact) mass is 544 g/mol. The van der Waals surface area contributed by atoms with E-state index in [1.54, 1.807) is 0 Å². The van der Waals surface area contributed by atoms with E-state index in [2.05, 4.69) is 135 Å². The molecule has 4 atom stereocenters. The first-order valence-corrected chi connectivity index (χ1v) is 18.0. The smallest absolute Gasteiger partial charge is 0.165 e. The molecule has 4 unspecified atom stereocenters. The average molecular weight is 545 g/mol. The Kier molecular flexibility index (Phi) is 10.9. The van der Waals surface area contributed by atoms with Gasteiger partial charge in [-0.1, -0.05) is 36.4 Å². The molecular weight excluding hydrogens is 500 g/mol. The molecule has 34 heavy (non-hydrogen) atoms. The SMILES string of the molecule is CNP(N=P(C)(c1ccc2ccccc2c1P(C)(=NP(NC)N(C)C)N(C)C)N(C)C)N(C)C. The summed E-state index contributed by atoms with van der Waals surface area (Å²) in [6, 6.07) is 13.3. The summed E-state index contributed by atoms with van der Waals surface area (Å²) in [5.74, 6) is 0. The Morgan fingerprint density at radius 2 is 1.15 bits per heavy atom. The Morgan fingerprint density at radius 3 is 1.59 bits per heavy atom. The van der Waals surface area contributed by atoms with Gasteiger partial charge in [0, 0.05) is 10.6 Å². The Balaban J connectivity index is 3.13. The van der Waals surface area contributed by atoms with Gasteiger partial charge in [-0.3, -0.25) is 28.9 Å². The van der Waals surface area contributed by atoms with Gasteiger partial charge >= 0.3 is 0 Å². The van der Waals surface area contributed by atoms with Gasteiger partial charge in [0.1, 0.15) is 0 Å². The van der Waals surface area contributed by atoms with Gasteiger partial charge in [0.15, 0.2) is 16.7 Å². The summed E-state index contributed by atoms with van der Waals surface area (Å²) in [7, 11) is 15.2. The maximum atomic E-state index is 5.57. The zero-order valence-corrected chi connectivity index (χ0v) is 26.5. The van der Waals surface area contributed by atoms with Crippen LogP contribution in [0.25, 0.3) is 10.8 Å². The fraction of sp³-hybridized carbons (Fsp3) is 0.545. The number of hydrogen-bond acceptors (Lipinski definition) is 6. The van der Waals surface area contributed by atoms with Crippen molar-refractivity contribution in [1.29, 1.82) is 0 Å². The minimum absolute atomic E-state index is 0.831. The molecule has 2 rings (SSSR count). The normalized spacial score (nSPS) is 17.8. The summed E-state index contributed by atoms with van der Waals surface area (Å²) in [5.41, 5.74) is 0. The number of hydrogen-bond donors (Lipinski definition) is 2. The van der Waals surface area contributed by atoms with E-state index in [1.165, 1.54) is 21.4 Å². The lowest BCUT2D eigenvalue weighted by molar-refractivity contribution is 0.660. The van der Waals surface area contributed by atoms with Crippen molar-refractivity contribution < 1.29 is 0 Å². The second-order valence-electron chi connectivity index (χ2n) is 9.07. The third-order valence-corrected chi connectivity index (χ3v) is 18.4. The molecule has 2 aromatic carbocycles. The molecule has 8 nitrogen and oxygen atoms in total. The molecule has 0 saturated carbocycles. The number of nitrogens with zero attached hydrogens (tertiary/aromatic N) is 6. The number of nitrogens with one attached hydrogen (secondary N) is 2. The van der Waals surface area contributed by atoms with Gasteiger partial charge in [0.05, 0.1) is 14.4 Å². The molecule has 192 valence electrons. The van der Waals surface area contributed by atoms with Gasteiger partial charge in [0.25, 0.3) is 0 Å². The molecule has 0 fully saturated rings. The van der Waals surface area contributed by atoms with Crippen LogP contribution in [0.5, 0.6) is 0 Å². The fourth-order valence-corrected chi connectivity index (χ4v) is 15.2. The minimum atomic E-state index is -2.12. The van der Waals surface area contributed by atoms with Crippen LogP contribution >= 0.6 is 31.2 Å². The average Bonchev–Trinajstić information content (AvgIpc) is 2.79. The predicted octanol–water partition coefficient (Wildman–Crippen LogP) is 4.72. The topological polar surface area (TPSA) is 61.7 Å². The molecule has 0 bridgehead atoms. The second-order valence-corrected chi connectivity index (χ2v) is 20.3. The van der Waals surface area contributed by atoms with E-state index in [4.69, 9.17) is 9.03 Å². The maximum absolute atomic E-state index is 5.57. The van der Waals surface area contributed by atoms with Crippen molar-refractivity contribution in [3.8, 4) is 0 Å². The van der Waals surface area contributed by atoms with E-state index in [1.807, 2.05) is 14.1 Å². The molecule has 0 saturated heterocycles. The number of fused-ring (bicyclic) bond motifs is 1. The highest BCUT2D eigenvalue weighted by Gasteiger charge is 2.33. The zero-order chi connectivity index (χ0) is 25.8. The summed E-state index contributed by atoms with van der Waals surface area (Å²) >= 11 is 0. The van der Waals surface area contributed by atoms with Crippen LogP contribution in [-0.2, 0) is 0 Å². The predicted molar refractivity (Wildman–Crippen MR) is 160 cm³/mol. The highest BCUT2D eigenvalue weighted by atomic mass is 31.2. The van der Waals surface area contributed by atoms with Crippen LogP contribution in [0.3, 0.4) is 0 Å². The van der Waals surface area contributed by atoms with E-state index in [-0.39, 0.29) is 0 Å². The molecule has 0 aromatic heterocycles. The molecule has 0 aliphatic rings. The first-order valence-electron chi connectivity index (χ1n) is 11.2. The first-order chi connectivity index (χ1) is 15.8. The summed E-state index contributed by atoms with van der Waals surface area (Å²) in [6.07, 6.45) is 0. The lowest BCUT2D eigenvalue weighted by atomic mass is 10.1. The Bertz CT molecular complexity index is 1080. The molecule has 0 radical (unpaired) electrons. The Labute approximate surface area is 210 Å². The minimum Gasteiger partial charge on any atom is -0.272 e.